The van der Waals surface area contributed by atoms with Crippen LogP contribution in [0.3, 0.4) is 0 Å². The summed E-state index contributed by atoms with van der Waals surface area (Å²) in [4.78, 5) is 13.9. The van der Waals surface area contributed by atoms with Crippen molar-refractivity contribution >= 4 is 21.8 Å². The minimum atomic E-state index is 0.347. The highest BCUT2D eigenvalue weighted by atomic mass is 79.9. The summed E-state index contributed by atoms with van der Waals surface area (Å²) in [7, 11) is 0. The molecule has 0 spiro atoms. The monoisotopic (exact) mass is 261 g/mol. The average molecular weight is 262 g/mol. The van der Waals surface area contributed by atoms with Crippen molar-refractivity contribution < 1.29 is 4.79 Å². The van der Waals surface area contributed by atoms with E-state index in [2.05, 4.69) is 29.8 Å². The van der Waals surface area contributed by atoms with Gasteiger partial charge in [0, 0.05) is 24.3 Å². The van der Waals surface area contributed by atoms with Crippen LogP contribution in [0.1, 0.15) is 39.5 Å². The molecule has 0 unspecified atom stereocenters. The minimum absolute atomic E-state index is 0.347. The molecule has 1 fully saturated rings. The van der Waals surface area contributed by atoms with Gasteiger partial charge in [-0.15, -0.1) is 0 Å². The molecule has 0 N–H and O–H groups in total. The van der Waals surface area contributed by atoms with Crippen molar-refractivity contribution in [2.45, 2.75) is 45.6 Å². The summed E-state index contributed by atoms with van der Waals surface area (Å²) in [6.45, 7) is 5.09. The lowest BCUT2D eigenvalue weighted by atomic mass is 10.2. The fraction of sp³-hybridized carbons (Fsp3) is 0.909. The molecule has 14 heavy (non-hydrogen) atoms. The fourth-order valence-electron chi connectivity index (χ4n) is 1.59. The number of halogens is 1. The van der Waals surface area contributed by atoms with E-state index < -0.39 is 0 Å². The Hall–Kier alpha value is -0.0500. The zero-order valence-corrected chi connectivity index (χ0v) is 10.7. The van der Waals surface area contributed by atoms with Gasteiger partial charge in [0.15, 0.2) is 0 Å². The van der Waals surface area contributed by atoms with Crippen LogP contribution in [0.2, 0.25) is 0 Å². The molecule has 1 rings (SSSR count). The molecule has 0 bridgehead atoms. The van der Waals surface area contributed by atoms with E-state index in [1.54, 1.807) is 0 Å². The largest absolute Gasteiger partial charge is 0.340 e. The maximum absolute atomic E-state index is 11.9. The summed E-state index contributed by atoms with van der Waals surface area (Å²) in [5.74, 6) is 1.05. The molecule has 82 valence electrons. The van der Waals surface area contributed by atoms with Crippen molar-refractivity contribution in [3.63, 3.8) is 0 Å². The van der Waals surface area contributed by atoms with E-state index in [4.69, 9.17) is 0 Å². The third-order valence-electron chi connectivity index (χ3n) is 2.64. The number of carbonyl (C=O) groups is 1. The molecule has 1 saturated carbocycles. The molecule has 0 aromatic rings. The molecule has 1 aliphatic carbocycles. The summed E-state index contributed by atoms with van der Waals surface area (Å²) >= 11 is 3.40. The van der Waals surface area contributed by atoms with Crippen molar-refractivity contribution in [2.24, 2.45) is 5.92 Å². The molecule has 0 heterocycles. The van der Waals surface area contributed by atoms with Crippen molar-refractivity contribution in [2.75, 3.05) is 11.9 Å². The van der Waals surface area contributed by atoms with E-state index in [-0.39, 0.29) is 0 Å². The van der Waals surface area contributed by atoms with Gasteiger partial charge in [-0.05, 0) is 39.0 Å². The van der Waals surface area contributed by atoms with Gasteiger partial charge in [0.1, 0.15) is 0 Å². The topological polar surface area (TPSA) is 20.3 Å². The number of nitrogens with zero attached hydrogens (tertiary/aromatic N) is 1. The zero-order chi connectivity index (χ0) is 10.6. The molecule has 0 saturated heterocycles. The molecular formula is C11H20BrNO. The normalized spacial score (nSPS) is 16.0. The maximum Gasteiger partial charge on any atom is 0.223 e. The van der Waals surface area contributed by atoms with Crippen molar-refractivity contribution in [1.82, 2.24) is 4.90 Å². The van der Waals surface area contributed by atoms with Crippen LogP contribution in [0.4, 0.5) is 0 Å². The first kappa shape index (κ1) is 12.0. The number of carbonyl (C=O) groups excluding carboxylic acids is 1. The van der Waals surface area contributed by atoms with Crippen molar-refractivity contribution in [3.8, 4) is 0 Å². The molecule has 3 heteroatoms. The summed E-state index contributed by atoms with van der Waals surface area (Å²) in [5, 5.41) is 0.979. The Balaban J connectivity index is 2.34. The number of rotatable bonds is 6. The van der Waals surface area contributed by atoms with Gasteiger partial charge in [-0.1, -0.05) is 15.9 Å². The van der Waals surface area contributed by atoms with E-state index in [9.17, 15) is 4.79 Å². The second-order valence-electron chi connectivity index (χ2n) is 4.37. The van der Waals surface area contributed by atoms with Gasteiger partial charge >= 0.3 is 0 Å². The van der Waals surface area contributed by atoms with Crippen LogP contribution in [-0.4, -0.2) is 28.7 Å². The average Bonchev–Trinajstić information content (AvgIpc) is 2.88. The van der Waals surface area contributed by atoms with E-state index in [1.807, 2.05) is 4.90 Å². The minimum Gasteiger partial charge on any atom is -0.340 e. The highest BCUT2D eigenvalue weighted by molar-refractivity contribution is 9.09. The predicted octanol–water partition coefficient (Wildman–Crippen LogP) is 2.81. The van der Waals surface area contributed by atoms with Crippen molar-refractivity contribution in [1.29, 1.82) is 0 Å². The Morgan fingerprint density at radius 2 is 2.14 bits per heavy atom. The lowest BCUT2D eigenvalue weighted by molar-refractivity contribution is -0.133. The molecular weight excluding hydrogens is 242 g/mol. The number of amides is 1. The van der Waals surface area contributed by atoms with Crippen LogP contribution in [0, 0.1) is 5.92 Å². The SMILES string of the molecule is CC(C)N(CCCBr)C(=O)CC1CC1. The van der Waals surface area contributed by atoms with Crippen LogP contribution in [0.15, 0.2) is 0 Å². The summed E-state index contributed by atoms with van der Waals surface area (Å²) in [6, 6.07) is 0.347. The first-order valence-electron chi connectivity index (χ1n) is 5.50. The molecule has 0 aromatic carbocycles. The first-order chi connectivity index (χ1) is 6.65. The Labute approximate surface area is 95.2 Å². The van der Waals surface area contributed by atoms with E-state index >= 15 is 0 Å². The number of alkyl halides is 1. The van der Waals surface area contributed by atoms with Crippen LogP contribution in [-0.2, 0) is 4.79 Å². The maximum atomic E-state index is 11.9. The zero-order valence-electron chi connectivity index (χ0n) is 9.13. The van der Waals surface area contributed by atoms with Crippen LogP contribution in [0.5, 0.6) is 0 Å². The molecule has 1 aliphatic rings. The molecule has 0 aliphatic heterocycles. The molecule has 2 nitrogen and oxygen atoms in total. The standard InChI is InChI=1S/C11H20BrNO/c1-9(2)13(7-3-6-12)11(14)8-10-4-5-10/h9-10H,3-8H2,1-2H3. The second-order valence-corrected chi connectivity index (χ2v) is 5.16. The quantitative estimate of drug-likeness (QED) is 0.674. The van der Waals surface area contributed by atoms with E-state index in [0.29, 0.717) is 17.9 Å². The summed E-state index contributed by atoms with van der Waals surface area (Å²) in [6.07, 6.45) is 4.35. The molecule has 0 aromatic heterocycles. The lowest BCUT2D eigenvalue weighted by Crippen LogP contribution is -2.38. The van der Waals surface area contributed by atoms with Crippen LogP contribution >= 0.6 is 15.9 Å². The van der Waals surface area contributed by atoms with Crippen LogP contribution < -0.4 is 0 Å². The highest BCUT2D eigenvalue weighted by Gasteiger charge is 2.27. The summed E-state index contributed by atoms with van der Waals surface area (Å²) < 4.78 is 0. The number of hydrogen-bond acceptors (Lipinski definition) is 1. The molecule has 1 amide bonds. The molecule has 0 atom stereocenters. The van der Waals surface area contributed by atoms with Gasteiger partial charge in [0.2, 0.25) is 5.91 Å². The van der Waals surface area contributed by atoms with Crippen molar-refractivity contribution in [3.05, 3.63) is 0 Å². The third kappa shape index (κ3) is 3.99. The van der Waals surface area contributed by atoms with Gasteiger partial charge in [-0.2, -0.15) is 0 Å². The Kier molecular flexibility index (Phi) is 4.93. The Morgan fingerprint density at radius 1 is 1.50 bits per heavy atom. The Morgan fingerprint density at radius 3 is 2.57 bits per heavy atom. The predicted molar refractivity (Wildman–Crippen MR) is 62.6 cm³/mol. The smallest absolute Gasteiger partial charge is 0.223 e. The van der Waals surface area contributed by atoms with E-state index in [0.717, 1.165) is 24.7 Å². The summed E-state index contributed by atoms with van der Waals surface area (Å²) in [5.41, 5.74) is 0. The first-order valence-corrected chi connectivity index (χ1v) is 6.62. The second kappa shape index (κ2) is 5.74. The highest BCUT2D eigenvalue weighted by Crippen LogP contribution is 2.33. The fourth-order valence-corrected chi connectivity index (χ4v) is 1.84. The van der Waals surface area contributed by atoms with Gasteiger partial charge in [-0.25, -0.2) is 0 Å². The van der Waals surface area contributed by atoms with E-state index in [1.165, 1.54) is 12.8 Å². The van der Waals surface area contributed by atoms with Gasteiger partial charge < -0.3 is 4.90 Å². The third-order valence-corrected chi connectivity index (χ3v) is 3.20. The molecule has 0 radical (unpaired) electrons. The van der Waals surface area contributed by atoms with Gasteiger partial charge in [0.05, 0.1) is 0 Å². The van der Waals surface area contributed by atoms with Gasteiger partial charge in [-0.3, -0.25) is 4.79 Å². The van der Waals surface area contributed by atoms with Gasteiger partial charge in [0.25, 0.3) is 0 Å². The Bertz CT molecular complexity index is 190. The lowest BCUT2D eigenvalue weighted by Gasteiger charge is -2.26. The number of hydrogen-bond donors (Lipinski definition) is 0. The van der Waals surface area contributed by atoms with Crippen LogP contribution in [0.25, 0.3) is 0 Å².